The van der Waals surface area contributed by atoms with Crippen molar-refractivity contribution in [3.8, 4) is 0 Å². The number of benzene rings is 1. The topological polar surface area (TPSA) is 0 Å². The highest BCUT2D eigenvalue weighted by atomic mass is 14.4. The van der Waals surface area contributed by atoms with Crippen molar-refractivity contribution in [1.82, 2.24) is 0 Å². The second-order valence-corrected chi connectivity index (χ2v) is 6.07. The van der Waals surface area contributed by atoms with Crippen LogP contribution in [0.2, 0.25) is 0 Å². The predicted molar refractivity (Wildman–Crippen MR) is 78.4 cm³/mol. The molecule has 1 atom stereocenters. The van der Waals surface area contributed by atoms with E-state index in [9.17, 15) is 0 Å². The van der Waals surface area contributed by atoms with E-state index in [1.807, 2.05) is 0 Å². The lowest BCUT2D eigenvalue weighted by atomic mass is 9.66. The molecule has 0 radical (unpaired) electrons. The highest BCUT2D eigenvalue weighted by Crippen LogP contribution is 2.51. The molecule has 2 aliphatic carbocycles. The lowest BCUT2D eigenvalue weighted by Crippen LogP contribution is -2.28. The third kappa shape index (κ3) is 1.59. The molecule has 0 bridgehead atoms. The zero-order valence-electron chi connectivity index (χ0n) is 11.4. The van der Waals surface area contributed by atoms with Crippen molar-refractivity contribution in [2.24, 2.45) is 11.3 Å². The summed E-state index contributed by atoms with van der Waals surface area (Å²) in [4.78, 5) is 0. The van der Waals surface area contributed by atoms with Crippen molar-refractivity contribution in [2.45, 2.75) is 26.7 Å². The Bertz CT molecular complexity index is 543. The Hall–Kier alpha value is -1.56. The molecule has 0 N–H and O–H groups in total. The maximum absolute atomic E-state index is 2.39. The first-order valence-corrected chi connectivity index (χ1v) is 6.73. The quantitative estimate of drug-likeness (QED) is 0.681. The van der Waals surface area contributed by atoms with Crippen LogP contribution < -0.4 is 0 Å². The second-order valence-electron chi connectivity index (χ2n) is 6.07. The number of fused-ring (bicyclic) bond motifs is 1. The first kappa shape index (κ1) is 11.5. The Balaban J connectivity index is 2.05. The average molecular weight is 236 g/mol. The molecule has 92 valence electrons. The Labute approximate surface area is 110 Å². The minimum Gasteiger partial charge on any atom is -0.0771 e. The summed E-state index contributed by atoms with van der Waals surface area (Å²) in [7, 11) is 0. The maximum Gasteiger partial charge on any atom is 0.0114 e. The van der Waals surface area contributed by atoms with Gasteiger partial charge in [0.15, 0.2) is 0 Å². The summed E-state index contributed by atoms with van der Waals surface area (Å²) in [6.45, 7) is 7.05. The summed E-state index contributed by atoms with van der Waals surface area (Å²) >= 11 is 0. The van der Waals surface area contributed by atoms with E-state index in [1.165, 1.54) is 16.7 Å². The minimum absolute atomic E-state index is 0.233. The van der Waals surface area contributed by atoms with Gasteiger partial charge in [0.25, 0.3) is 0 Å². The van der Waals surface area contributed by atoms with Gasteiger partial charge in [0.1, 0.15) is 0 Å². The average Bonchev–Trinajstić information content (AvgIpc) is 2.94. The zero-order chi connectivity index (χ0) is 12.8. The highest BCUT2D eigenvalue weighted by molar-refractivity contribution is 5.66. The summed E-state index contributed by atoms with van der Waals surface area (Å²) in [6, 6.07) is 8.81. The summed E-state index contributed by atoms with van der Waals surface area (Å²) in [5, 5.41) is 0. The molecule has 0 amide bonds. The molecule has 0 saturated heterocycles. The van der Waals surface area contributed by atoms with Crippen LogP contribution in [0.25, 0.3) is 6.08 Å². The Morgan fingerprint density at radius 1 is 1.00 bits per heavy atom. The standard InChI is InChI=1S/C18H20/c1-13-12-14-8-4-7-11-16(14)17(13)18(2,3)15-9-5-6-10-15/h4-12,15,17H,1-3H3. The van der Waals surface area contributed by atoms with Gasteiger partial charge in [0.2, 0.25) is 0 Å². The predicted octanol–water partition coefficient (Wildman–Crippen LogP) is 4.96. The molecule has 1 unspecified atom stereocenters. The fraction of sp³-hybridized carbons (Fsp3) is 0.333. The van der Waals surface area contributed by atoms with Crippen LogP contribution in [-0.4, -0.2) is 0 Å². The van der Waals surface area contributed by atoms with Crippen LogP contribution in [0.5, 0.6) is 0 Å². The lowest BCUT2D eigenvalue weighted by Gasteiger charge is -2.37. The molecule has 0 nitrogen and oxygen atoms in total. The fourth-order valence-electron chi connectivity index (χ4n) is 3.59. The van der Waals surface area contributed by atoms with Gasteiger partial charge in [-0.1, -0.05) is 74.1 Å². The zero-order valence-corrected chi connectivity index (χ0v) is 11.4. The molecule has 1 aromatic carbocycles. The Morgan fingerprint density at radius 2 is 1.67 bits per heavy atom. The van der Waals surface area contributed by atoms with Gasteiger partial charge in [-0.2, -0.15) is 0 Å². The molecule has 0 saturated carbocycles. The molecule has 3 rings (SSSR count). The van der Waals surface area contributed by atoms with Gasteiger partial charge in [0, 0.05) is 11.8 Å². The van der Waals surface area contributed by atoms with Crippen LogP contribution in [0, 0.1) is 11.3 Å². The van der Waals surface area contributed by atoms with E-state index in [1.54, 1.807) is 0 Å². The van der Waals surface area contributed by atoms with Gasteiger partial charge in [-0.25, -0.2) is 0 Å². The van der Waals surface area contributed by atoms with E-state index in [2.05, 4.69) is 75.4 Å². The summed E-state index contributed by atoms with van der Waals surface area (Å²) in [6.07, 6.45) is 11.4. The highest BCUT2D eigenvalue weighted by Gasteiger charge is 2.40. The van der Waals surface area contributed by atoms with E-state index in [0.717, 1.165) is 0 Å². The SMILES string of the molecule is CC1=Cc2ccccc2C1C(C)(C)C1C=CC=C1. The number of allylic oxidation sites excluding steroid dienone is 5. The first-order chi connectivity index (χ1) is 8.60. The Kier molecular flexibility index (Phi) is 2.55. The third-order valence-corrected chi connectivity index (χ3v) is 4.50. The van der Waals surface area contributed by atoms with Gasteiger partial charge < -0.3 is 0 Å². The fourth-order valence-corrected chi connectivity index (χ4v) is 3.59. The molecule has 0 aliphatic heterocycles. The van der Waals surface area contributed by atoms with E-state index in [0.29, 0.717) is 11.8 Å². The van der Waals surface area contributed by atoms with Crippen molar-refractivity contribution >= 4 is 6.08 Å². The summed E-state index contributed by atoms with van der Waals surface area (Å²) in [5.41, 5.74) is 4.62. The summed E-state index contributed by atoms with van der Waals surface area (Å²) < 4.78 is 0. The van der Waals surface area contributed by atoms with Gasteiger partial charge in [0.05, 0.1) is 0 Å². The van der Waals surface area contributed by atoms with Crippen LogP contribution in [0.4, 0.5) is 0 Å². The van der Waals surface area contributed by atoms with Crippen molar-refractivity contribution in [2.75, 3.05) is 0 Å². The van der Waals surface area contributed by atoms with Gasteiger partial charge in [-0.05, 0) is 23.5 Å². The van der Waals surface area contributed by atoms with E-state index < -0.39 is 0 Å². The van der Waals surface area contributed by atoms with Crippen LogP contribution >= 0.6 is 0 Å². The van der Waals surface area contributed by atoms with Crippen molar-refractivity contribution in [3.05, 3.63) is 65.3 Å². The monoisotopic (exact) mass is 236 g/mol. The third-order valence-electron chi connectivity index (χ3n) is 4.50. The minimum atomic E-state index is 0.233. The molecular formula is C18H20. The first-order valence-electron chi connectivity index (χ1n) is 6.73. The van der Waals surface area contributed by atoms with E-state index >= 15 is 0 Å². The van der Waals surface area contributed by atoms with Crippen molar-refractivity contribution < 1.29 is 0 Å². The molecule has 0 fully saturated rings. The van der Waals surface area contributed by atoms with Crippen molar-refractivity contribution in [3.63, 3.8) is 0 Å². The van der Waals surface area contributed by atoms with Crippen molar-refractivity contribution in [1.29, 1.82) is 0 Å². The number of hydrogen-bond donors (Lipinski definition) is 0. The Morgan fingerprint density at radius 3 is 2.39 bits per heavy atom. The van der Waals surface area contributed by atoms with Crippen LogP contribution in [0.1, 0.15) is 37.8 Å². The smallest absolute Gasteiger partial charge is 0.0114 e. The van der Waals surface area contributed by atoms with E-state index in [4.69, 9.17) is 0 Å². The molecule has 1 aromatic rings. The maximum atomic E-state index is 2.39. The second kappa shape index (κ2) is 3.98. The van der Waals surface area contributed by atoms with Crippen LogP contribution in [0.15, 0.2) is 54.1 Å². The number of hydrogen-bond acceptors (Lipinski definition) is 0. The number of rotatable bonds is 2. The lowest BCUT2D eigenvalue weighted by molar-refractivity contribution is 0.264. The molecule has 0 aromatic heterocycles. The van der Waals surface area contributed by atoms with Crippen LogP contribution in [-0.2, 0) is 0 Å². The molecule has 18 heavy (non-hydrogen) atoms. The molecule has 0 heterocycles. The molecule has 2 aliphatic rings. The van der Waals surface area contributed by atoms with Gasteiger partial charge in [-0.15, -0.1) is 0 Å². The largest absolute Gasteiger partial charge is 0.0771 e. The van der Waals surface area contributed by atoms with Crippen LogP contribution in [0.3, 0.4) is 0 Å². The van der Waals surface area contributed by atoms with E-state index in [-0.39, 0.29) is 5.41 Å². The molecule has 0 spiro atoms. The van der Waals surface area contributed by atoms with Gasteiger partial charge >= 0.3 is 0 Å². The summed E-state index contributed by atoms with van der Waals surface area (Å²) in [5.74, 6) is 1.07. The molecular weight excluding hydrogens is 216 g/mol. The normalized spacial score (nSPS) is 22.4. The molecule has 0 heteroatoms. The van der Waals surface area contributed by atoms with Gasteiger partial charge in [-0.3, -0.25) is 0 Å².